The highest BCUT2D eigenvalue weighted by molar-refractivity contribution is 6.29. The minimum atomic E-state index is -0.465. The van der Waals surface area contributed by atoms with Gasteiger partial charge < -0.3 is 4.74 Å². The van der Waals surface area contributed by atoms with Crippen molar-refractivity contribution in [1.29, 1.82) is 5.26 Å². The van der Waals surface area contributed by atoms with Crippen LogP contribution in [-0.2, 0) is 0 Å². The lowest BCUT2D eigenvalue weighted by Gasteiger charge is -2.05. The van der Waals surface area contributed by atoms with E-state index in [-0.39, 0.29) is 0 Å². The maximum Gasteiger partial charge on any atom is 0.181 e. The van der Waals surface area contributed by atoms with Gasteiger partial charge in [-0.2, -0.15) is 5.26 Å². The lowest BCUT2D eigenvalue weighted by molar-refractivity contribution is 0.275. The average molecular weight is 183 g/mol. The van der Waals surface area contributed by atoms with Crippen LogP contribution in [0.1, 0.15) is 6.92 Å². The molecule has 1 aromatic heterocycles. The third kappa shape index (κ3) is 2.40. The van der Waals surface area contributed by atoms with E-state index in [2.05, 4.69) is 4.98 Å². The van der Waals surface area contributed by atoms with Crippen LogP contribution in [0.5, 0.6) is 5.75 Å². The summed E-state index contributed by atoms with van der Waals surface area (Å²) < 4.78 is 5.14. The SMILES string of the molecule is CC(C#N)Oc1ccc(Cl)nc1. The van der Waals surface area contributed by atoms with Gasteiger partial charge in [0.1, 0.15) is 17.0 Å². The monoisotopic (exact) mass is 182 g/mol. The molecule has 0 saturated heterocycles. The van der Waals surface area contributed by atoms with Crippen molar-refractivity contribution in [3.05, 3.63) is 23.5 Å². The molecule has 0 aliphatic heterocycles. The molecule has 0 bridgehead atoms. The molecule has 0 spiro atoms. The Kier molecular flexibility index (Phi) is 2.89. The van der Waals surface area contributed by atoms with Gasteiger partial charge in [0.05, 0.1) is 6.20 Å². The summed E-state index contributed by atoms with van der Waals surface area (Å²) >= 11 is 5.55. The molecule has 0 aliphatic carbocycles. The zero-order valence-corrected chi connectivity index (χ0v) is 7.25. The van der Waals surface area contributed by atoms with E-state index in [1.165, 1.54) is 6.20 Å². The second-order valence-corrected chi connectivity index (χ2v) is 2.59. The topological polar surface area (TPSA) is 45.9 Å². The Labute approximate surface area is 75.6 Å². The van der Waals surface area contributed by atoms with E-state index >= 15 is 0 Å². The Hall–Kier alpha value is -1.27. The fourth-order valence-electron chi connectivity index (χ4n) is 0.662. The molecular formula is C8H7ClN2O. The second-order valence-electron chi connectivity index (χ2n) is 2.21. The van der Waals surface area contributed by atoms with E-state index in [1.54, 1.807) is 19.1 Å². The fourth-order valence-corrected chi connectivity index (χ4v) is 0.774. The molecule has 0 amide bonds. The van der Waals surface area contributed by atoms with Gasteiger partial charge in [0.15, 0.2) is 6.10 Å². The molecular weight excluding hydrogens is 176 g/mol. The number of pyridine rings is 1. The smallest absolute Gasteiger partial charge is 0.181 e. The number of nitrogens with zero attached hydrogens (tertiary/aromatic N) is 2. The van der Waals surface area contributed by atoms with Crippen LogP contribution in [0.2, 0.25) is 5.15 Å². The van der Waals surface area contributed by atoms with Gasteiger partial charge in [-0.1, -0.05) is 11.6 Å². The van der Waals surface area contributed by atoms with E-state index < -0.39 is 6.10 Å². The first-order valence-electron chi connectivity index (χ1n) is 3.40. The fraction of sp³-hybridized carbons (Fsp3) is 0.250. The Bertz CT molecular complexity index is 291. The van der Waals surface area contributed by atoms with Crippen molar-refractivity contribution in [2.45, 2.75) is 13.0 Å². The lowest BCUT2D eigenvalue weighted by atomic mass is 10.4. The predicted octanol–water partition coefficient (Wildman–Crippen LogP) is 2.03. The van der Waals surface area contributed by atoms with Crippen LogP contribution < -0.4 is 4.74 Å². The molecule has 4 heteroatoms. The number of hydrogen-bond acceptors (Lipinski definition) is 3. The Balaban J connectivity index is 2.66. The predicted molar refractivity (Wildman–Crippen MR) is 45.0 cm³/mol. The maximum atomic E-state index is 8.43. The van der Waals surface area contributed by atoms with Crippen LogP contribution in [0.3, 0.4) is 0 Å². The minimum absolute atomic E-state index is 0.409. The lowest BCUT2D eigenvalue weighted by Crippen LogP contribution is -2.07. The van der Waals surface area contributed by atoms with E-state index in [0.29, 0.717) is 10.9 Å². The molecule has 1 unspecified atom stereocenters. The molecule has 0 fully saturated rings. The number of hydrogen-bond donors (Lipinski definition) is 0. The molecule has 1 rings (SSSR count). The molecule has 0 aromatic carbocycles. The van der Waals surface area contributed by atoms with Gasteiger partial charge in [0.2, 0.25) is 0 Å². The van der Waals surface area contributed by atoms with Crippen LogP contribution >= 0.6 is 11.6 Å². The molecule has 0 saturated carbocycles. The summed E-state index contributed by atoms with van der Waals surface area (Å²) in [4.78, 5) is 3.80. The van der Waals surface area contributed by atoms with E-state index in [0.717, 1.165) is 0 Å². The van der Waals surface area contributed by atoms with Gasteiger partial charge in [0.25, 0.3) is 0 Å². The van der Waals surface area contributed by atoms with Crippen molar-refractivity contribution in [3.63, 3.8) is 0 Å². The molecule has 3 nitrogen and oxygen atoms in total. The number of rotatable bonds is 2. The molecule has 1 heterocycles. The van der Waals surface area contributed by atoms with Gasteiger partial charge in [-0.15, -0.1) is 0 Å². The summed E-state index contributed by atoms with van der Waals surface area (Å²) in [5.74, 6) is 0.549. The highest BCUT2D eigenvalue weighted by Crippen LogP contribution is 2.13. The normalized spacial score (nSPS) is 11.8. The number of aromatic nitrogens is 1. The first-order chi connectivity index (χ1) is 5.72. The van der Waals surface area contributed by atoms with Crippen LogP contribution in [0.4, 0.5) is 0 Å². The van der Waals surface area contributed by atoms with Crippen molar-refractivity contribution >= 4 is 11.6 Å². The second kappa shape index (κ2) is 3.93. The van der Waals surface area contributed by atoms with Gasteiger partial charge in [0, 0.05) is 0 Å². The number of ether oxygens (including phenoxy) is 1. The largest absolute Gasteiger partial charge is 0.474 e. The number of nitriles is 1. The standard InChI is InChI=1S/C8H7ClN2O/c1-6(4-10)12-7-2-3-8(9)11-5-7/h2-3,5-6H,1H3. The molecule has 0 radical (unpaired) electrons. The molecule has 1 aromatic rings. The average Bonchev–Trinajstić information content (AvgIpc) is 2.09. The summed E-state index contributed by atoms with van der Waals surface area (Å²) in [5.41, 5.74) is 0. The summed E-state index contributed by atoms with van der Waals surface area (Å²) in [6.07, 6.45) is 1.02. The van der Waals surface area contributed by atoms with Crippen LogP contribution in [0.25, 0.3) is 0 Å². The van der Waals surface area contributed by atoms with E-state index in [1.807, 2.05) is 6.07 Å². The zero-order valence-electron chi connectivity index (χ0n) is 6.49. The molecule has 62 valence electrons. The highest BCUT2D eigenvalue weighted by Gasteiger charge is 2.00. The van der Waals surface area contributed by atoms with Gasteiger partial charge in [-0.05, 0) is 19.1 Å². The summed E-state index contributed by atoms with van der Waals surface area (Å²) in [7, 11) is 0. The van der Waals surface area contributed by atoms with Gasteiger partial charge >= 0.3 is 0 Å². The molecule has 12 heavy (non-hydrogen) atoms. The Morgan fingerprint density at radius 1 is 1.67 bits per heavy atom. The third-order valence-electron chi connectivity index (χ3n) is 1.19. The van der Waals surface area contributed by atoms with Gasteiger partial charge in [-0.25, -0.2) is 4.98 Å². The number of halogens is 1. The summed E-state index contributed by atoms with van der Waals surface area (Å²) in [6.45, 7) is 1.66. The van der Waals surface area contributed by atoms with Crippen LogP contribution in [0.15, 0.2) is 18.3 Å². The highest BCUT2D eigenvalue weighted by atomic mass is 35.5. The minimum Gasteiger partial charge on any atom is -0.474 e. The summed E-state index contributed by atoms with van der Waals surface area (Å²) in [6, 6.07) is 5.23. The molecule has 0 N–H and O–H groups in total. The van der Waals surface area contributed by atoms with E-state index in [9.17, 15) is 0 Å². The Morgan fingerprint density at radius 2 is 2.42 bits per heavy atom. The third-order valence-corrected chi connectivity index (χ3v) is 1.42. The van der Waals surface area contributed by atoms with Crippen LogP contribution in [0, 0.1) is 11.3 Å². The maximum absolute atomic E-state index is 8.43. The van der Waals surface area contributed by atoms with Crippen molar-refractivity contribution in [2.24, 2.45) is 0 Å². The van der Waals surface area contributed by atoms with Crippen molar-refractivity contribution in [1.82, 2.24) is 4.98 Å². The Morgan fingerprint density at radius 3 is 2.92 bits per heavy atom. The molecule has 1 atom stereocenters. The van der Waals surface area contributed by atoms with Crippen LogP contribution in [-0.4, -0.2) is 11.1 Å². The van der Waals surface area contributed by atoms with Crippen molar-refractivity contribution in [2.75, 3.05) is 0 Å². The quantitative estimate of drug-likeness (QED) is 0.658. The van der Waals surface area contributed by atoms with Gasteiger partial charge in [-0.3, -0.25) is 0 Å². The summed E-state index contributed by atoms with van der Waals surface area (Å²) in [5, 5.41) is 8.84. The van der Waals surface area contributed by atoms with Crippen molar-refractivity contribution < 1.29 is 4.74 Å². The zero-order chi connectivity index (χ0) is 8.97. The first-order valence-corrected chi connectivity index (χ1v) is 3.78. The van der Waals surface area contributed by atoms with E-state index in [4.69, 9.17) is 21.6 Å². The molecule has 0 aliphatic rings. The first kappa shape index (κ1) is 8.82. The van der Waals surface area contributed by atoms with Crippen molar-refractivity contribution in [3.8, 4) is 11.8 Å².